The first kappa shape index (κ1) is 20.1. The minimum absolute atomic E-state index is 0.0376. The minimum Gasteiger partial charge on any atom is -0.379 e. The zero-order valence-electron chi connectivity index (χ0n) is 17.4. The van der Waals surface area contributed by atoms with E-state index < -0.39 is 0 Å². The molecule has 1 aliphatic heterocycles. The number of nitriles is 1. The summed E-state index contributed by atoms with van der Waals surface area (Å²) >= 11 is 0. The number of allylic oxidation sites excluding steroid dienone is 2. The van der Waals surface area contributed by atoms with E-state index in [1.54, 1.807) is 4.57 Å². The van der Waals surface area contributed by atoms with Crippen molar-refractivity contribution in [2.24, 2.45) is 0 Å². The maximum absolute atomic E-state index is 12.9. The van der Waals surface area contributed by atoms with Crippen molar-refractivity contribution in [3.63, 3.8) is 0 Å². The first-order valence-electron chi connectivity index (χ1n) is 10.3. The number of benzene rings is 1. The van der Waals surface area contributed by atoms with E-state index in [1.807, 2.05) is 50.4 Å². The number of aryl methyl sites for hydroxylation is 1. The number of aromatic nitrogens is 2. The van der Waals surface area contributed by atoms with E-state index in [-0.39, 0.29) is 5.56 Å². The summed E-state index contributed by atoms with van der Waals surface area (Å²) in [7, 11) is 0. The van der Waals surface area contributed by atoms with E-state index in [9.17, 15) is 10.1 Å². The maximum Gasteiger partial charge on any atom is 0.275 e. The van der Waals surface area contributed by atoms with Crippen LogP contribution in [0.25, 0.3) is 22.0 Å². The number of rotatable bonds is 5. The molecule has 30 heavy (non-hydrogen) atoms. The summed E-state index contributed by atoms with van der Waals surface area (Å²) < 4.78 is 7.13. The van der Waals surface area contributed by atoms with E-state index in [2.05, 4.69) is 22.0 Å². The Balaban J connectivity index is 1.78. The lowest BCUT2D eigenvalue weighted by atomic mass is 9.98. The Morgan fingerprint density at radius 2 is 2.07 bits per heavy atom. The predicted molar refractivity (Wildman–Crippen MR) is 118 cm³/mol. The average molecular weight is 402 g/mol. The number of aromatic amines is 1. The fraction of sp³-hybridized carbons (Fsp3) is 0.333. The van der Waals surface area contributed by atoms with Crippen molar-refractivity contribution in [1.82, 2.24) is 14.5 Å². The Labute approximate surface area is 176 Å². The largest absolute Gasteiger partial charge is 0.379 e. The van der Waals surface area contributed by atoms with Crippen LogP contribution >= 0.6 is 0 Å². The Morgan fingerprint density at radius 1 is 1.27 bits per heavy atom. The Kier molecular flexibility index (Phi) is 5.84. The third-order valence-electron chi connectivity index (χ3n) is 5.58. The molecule has 0 amide bonds. The topological polar surface area (TPSA) is 74.0 Å². The number of nitrogens with one attached hydrogen (secondary N) is 1. The van der Waals surface area contributed by atoms with Crippen LogP contribution in [-0.4, -0.2) is 40.8 Å². The fourth-order valence-corrected chi connectivity index (χ4v) is 3.97. The SMILES string of the molecule is C/C=C/Cn1cc(-c2ccc(CN3CCOCC3)c(C#N)c2)c2cc(C)[nH]c2c1=O. The molecule has 2 aromatic heterocycles. The van der Waals surface area contributed by atoms with Gasteiger partial charge in [0.15, 0.2) is 0 Å². The van der Waals surface area contributed by atoms with Crippen LogP contribution in [0.4, 0.5) is 0 Å². The van der Waals surface area contributed by atoms with Crippen LogP contribution in [0.15, 0.2) is 47.4 Å². The Bertz CT molecular complexity index is 1190. The third-order valence-corrected chi connectivity index (χ3v) is 5.58. The van der Waals surface area contributed by atoms with Gasteiger partial charge in [-0.05, 0) is 37.1 Å². The molecular formula is C24H26N4O2. The van der Waals surface area contributed by atoms with Crippen LogP contribution in [0.2, 0.25) is 0 Å². The molecule has 0 spiro atoms. The smallest absolute Gasteiger partial charge is 0.275 e. The zero-order chi connectivity index (χ0) is 21.1. The van der Waals surface area contributed by atoms with E-state index in [1.165, 1.54) is 0 Å². The molecule has 1 aromatic carbocycles. The zero-order valence-corrected chi connectivity index (χ0v) is 17.4. The van der Waals surface area contributed by atoms with Crippen molar-refractivity contribution >= 4 is 10.9 Å². The minimum atomic E-state index is -0.0376. The van der Waals surface area contributed by atoms with Crippen LogP contribution in [0.5, 0.6) is 0 Å². The van der Waals surface area contributed by atoms with E-state index in [0.29, 0.717) is 17.6 Å². The van der Waals surface area contributed by atoms with Gasteiger partial charge in [0.2, 0.25) is 0 Å². The number of nitrogens with zero attached hydrogens (tertiary/aromatic N) is 3. The van der Waals surface area contributed by atoms with Gasteiger partial charge in [-0.15, -0.1) is 0 Å². The van der Waals surface area contributed by atoms with Gasteiger partial charge in [-0.2, -0.15) is 5.26 Å². The number of pyridine rings is 1. The van der Waals surface area contributed by atoms with Crippen molar-refractivity contribution in [3.05, 3.63) is 69.8 Å². The van der Waals surface area contributed by atoms with Crippen molar-refractivity contribution in [3.8, 4) is 17.2 Å². The molecule has 0 radical (unpaired) electrons. The second kappa shape index (κ2) is 8.70. The molecule has 0 atom stereocenters. The summed E-state index contributed by atoms with van der Waals surface area (Å²) in [6.45, 7) is 8.37. The van der Waals surface area contributed by atoms with Crippen LogP contribution in [0.1, 0.15) is 23.7 Å². The molecule has 0 bridgehead atoms. The number of ether oxygens (including phenoxy) is 1. The molecule has 1 saturated heterocycles. The number of morpholine rings is 1. The second-order valence-electron chi connectivity index (χ2n) is 7.68. The lowest BCUT2D eigenvalue weighted by molar-refractivity contribution is 0.0341. The lowest BCUT2D eigenvalue weighted by Crippen LogP contribution is -2.35. The molecule has 0 unspecified atom stereocenters. The molecule has 0 saturated carbocycles. The Hall–Kier alpha value is -3.14. The van der Waals surface area contributed by atoms with E-state index in [4.69, 9.17) is 4.74 Å². The number of fused-ring (bicyclic) bond motifs is 1. The molecule has 3 heterocycles. The van der Waals surface area contributed by atoms with Gasteiger partial charge < -0.3 is 14.3 Å². The summed E-state index contributed by atoms with van der Waals surface area (Å²) in [6.07, 6.45) is 5.79. The van der Waals surface area contributed by atoms with Crippen molar-refractivity contribution in [1.29, 1.82) is 5.26 Å². The van der Waals surface area contributed by atoms with Gasteiger partial charge in [0.05, 0.1) is 24.8 Å². The van der Waals surface area contributed by atoms with Crippen LogP contribution in [0, 0.1) is 18.3 Å². The van der Waals surface area contributed by atoms with Gasteiger partial charge in [-0.25, -0.2) is 0 Å². The normalized spacial score (nSPS) is 15.1. The van der Waals surface area contributed by atoms with Crippen LogP contribution in [-0.2, 0) is 17.8 Å². The summed E-state index contributed by atoms with van der Waals surface area (Å²) in [5.41, 5.74) is 5.09. The quantitative estimate of drug-likeness (QED) is 0.662. The van der Waals surface area contributed by atoms with Gasteiger partial charge in [-0.1, -0.05) is 24.3 Å². The molecule has 6 nitrogen and oxygen atoms in total. The summed E-state index contributed by atoms with van der Waals surface area (Å²) in [6, 6.07) is 10.4. The van der Waals surface area contributed by atoms with Gasteiger partial charge in [-0.3, -0.25) is 9.69 Å². The van der Waals surface area contributed by atoms with Crippen LogP contribution < -0.4 is 5.56 Å². The maximum atomic E-state index is 12.9. The highest BCUT2D eigenvalue weighted by molar-refractivity contribution is 5.95. The van der Waals surface area contributed by atoms with Gasteiger partial charge >= 0.3 is 0 Å². The molecule has 3 aromatic rings. The first-order valence-corrected chi connectivity index (χ1v) is 10.3. The second-order valence-corrected chi connectivity index (χ2v) is 7.68. The summed E-state index contributed by atoms with van der Waals surface area (Å²) in [5.74, 6) is 0. The molecular weight excluding hydrogens is 376 g/mol. The molecule has 4 rings (SSSR count). The molecule has 1 N–H and O–H groups in total. The van der Waals surface area contributed by atoms with Crippen molar-refractivity contribution in [2.45, 2.75) is 26.9 Å². The highest BCUT2D eigenvalue weighted by Gasteiger charge is 2.16. The van der Waals surface area contributed by atoms with E-state index >= 15 is 0 Å². The molecule has 1 fully saturated rings. The van der Waals surface area contributed by atoms with Gasteiger partial charge in [0.1, 0.15) is 5.52 Å². The van der Waals surface area contributed by atoms with Gasteiger partial charge in [0, 0.05) is 49.0 Å². The monoisotopic (exact) mass is 402 g/mol. The van der Waals surface area contributed by atoms with Crippen LogP contribution in [0.3, 0.4) is 0 Å². The third kappa shape index (κ3) is 3.95. The standard InChI is InChI=1S/C24H26N4O2/c1-3-4-7-28-16-22(21-12-17(2)26-23(21)24(28)29)18-5-6-19(20(13-18)14-25)15-27-8-10-30-11-9-27/h3-6,12-13,16,26H,7-11,15H2,1-2H3/b4-3+. The highest BCUT2D eigenvalue weighted by atomic mass is 16.5. The predicted octanol–water partition coefficient (Wildman–Crippen LogP) is 3.59. The van der Waals surface area contributed by atoms with E-state index in [0.717, 1.165) is 60.6 Å². The molecule has 154 valence electrons. The number of hydrogen-bond acceptors (Lipinski definition) is 4. The highest BCUT2D eigenvalue weighted by Crippen LogP contribution is 2.29. The Morgan fingerprint density at radius 3 is 2.80 bits per heavy atom. The first-order chi connectivity index (χ1) is 14.6. The number of hydrogen-bond donors (Lipinski definition) is 1. The van der Waals surface area contributed by atoms with Crippen molar-refractivity contribution < 1.29 is 4.74 Å². The molecule has 6 heteroatoms. The van der Waals surface area contributed by atoms with Gasteiger partial charge in [0.25, 0.3) is 5.56 Å². The fourth-order valence-electron chi connectivity index (χ4n) is 3.97. The molecule has 1 aliphatic rings. The lowest BCUT2D eigenvalue weighted by Gasteiger charge is -2.27. The summed E-state index contributed by atoms with van der Waals surface area (Å²) in [4.78, 5) is 18.4. The average Bonchev–Trinajstić information content (AvgIpc) is 3.16. The summed E-state index contributed by atoms with van der Waals surface area (Å²) in [5, 5.41) is 10.7. The van der Waals surface area contributed by atoms with Crippen molar-refractivity contribution in [2.75, 3.05) is 26.3 Å². The molecule has 0 aliphatic carbocycles. The number of H-pyrrole nitrogens is 1.